The van der Waals surface area contributed by atoms with Gasteiger partial charge in [0, 0.05) is 13.1 Å². The lowest BCUT2D eigenvalue weighted by Gasteiger charge is -2.21. The monoisotopic (exact) mass is 239 g/mol. The van der Waals surface area contributed by atoms with Crippen molar-refractivity contribution in [1.82, 2.24) is 4.90 Å². The van der Waals surface area contributed by atoms with E-state index in [-0.39, 0.29) is 11.3 Å². The number of hydrogen-bond acceptors (Lipinski definition) is 4. The molecule has 0 amide bonds. The van der Waals surface area contributed by atoms with Crippen LogP contribution in [-0.2, 0) is 4.74 Å². The second kappa shape index (κ2) is 6.88. The van der Waals surface area contributed by atoms with Crippen LogP contribution in [0.5, 0.6) is 5.75 Å². The predicted molar refractivity (Wildman–Crippen MR) is 63.4 cm³/mol. The number of carbonyl (C=O) groups is 1. The summed E-state index contributed by atoms with van der Waals surface area (Å²) in [6.07, 6.45) is 0. The Morgan fingerprint density at radius 2 is 1.88 bits per heavy atom. The van der Waals surface area contributed by atoms with Crippen LogP contribution in [0.3, 0.4) is 0 Å². The van der Waals surface area contributed by atoms with Gasteiger partial charge in [0.1, 0.15) is 11.3 Å². The van der Waals surface area contributed by atoms with Gasteiger partial charge in [-0.25, -0.2) is 4.79 Å². The largest absolute Gasteiger partial charge is 0.507 e. The third-order valence-corrected chi connectivity index (χ3v) is 2.37. The Labute approximate surface area is 100 Å². The number of nitrogens with zero attached hydrogens (tertiary/aromatic N) is 1. The summed E-state index contributed by atoms with van der Waals surface area (Å²) in [5.74, 6) is -1.31. The van der Waals surface area contributed by atoms with Crippen LogP contribution in [0.1, 0.15) is 10.4 Å². The third kappa shape index (κ3) is 4.84. The Bertz CT molecular complexity index is 361. The van der Waals surface area contributed by atoms with E-state index in [1.165, 1.54) is 12.1 Å². The summed E-state index contributed by atoms with van der Waals surface area (Å²) < 4.78 is 5.10. The van der Waals surface area contributed by atoms with Crippen molar-refractivity contribution in [3.63, 3.8) is 0 Å². The number of morpholine rings is 1. The van der Waals surface area contributed by atoms with Gasteiger partial charge >= 0.3 is 5.97 Å². The van der Waals surface area contributed by atoms with Crippen LogP contribution in [0.25, 0.3) is 0 Å². The van der Waals surface area contributed by atoms with Crippen LogP contribution in [0.4, 0.5) is 0 Å². The van der Waals surface area contributed by atoms with Gasteiger partial charge in [0.25, 0.3) is 0 Å². The molecule has 1 saturated heterocycles. The number of benzene rings is 1. The molecule has 0 aliphatic carbocycles. The first-order valence-electron chi connectivity index (χ1n) is 5.39. The zero-order valence-electron chi connectivity index (χ0n) is 9.80. The summed E-state index contributed by atoms with van der Waals surface area (Å²) in [5.41, 5.74) is -0.0671. The Balaban J connectivity index is 0.000000181. The van der Waals surface area contributed by atoms with E-state index < -0.39 is 5.97 Å². The highest BCUT2D eigenvalue weighted by atomic mass is 16.5. The van der Waals surface area contributed by atoms with Crippen LogP contribution in [0.15, 0.2) is 24.3 Å². The molecule has 0 spiro atoms. The van der Waals surface area contributed by atoms with Gasteiger partial charge in [-0.2, -0.15) is 0 Å². The van der Waals surface area contributed by atoms with E-state index >= 15 is 0 Å². The van der Waals surface area contributed by atoms with Gasteiger partial charge in [-0.3, -0.25) is 0 Å². The number of likely N-dealkylation sites (N-methyl/N-ethyl adjacent to an activating group) is 1. The summed E-state index contributed by atoms with van der Waals surface area (Å²) in [7, 11) is 2.11. The van der Waals surface area contributed by atoms with Gasteiger partial charge in [0.15, 0.2) is 0 Å². The van der Waals surface area contributed by atoms with Gasteiger partial charge in [0.05, 0.1) is 13.2 Å². The van der Waals surface area contributed by atoms with Crippen LogP contribution in [0, 0.1) is 0 Å². The molecule has 1 heterocycles. The van der Waals surface area contributed by atoms with Crippen molar-refractivity contribution in [3.05, 3.63) is 29.8 Å². The number of carboxylic acid groups (broad SMARTS) is 1. The lowest BCUT2D eigenvalue weighted by molar-refractivity contribution is 0.0503. The number of phenols is 1. The van der Waals surface area contributed by atoms with Crippen molar-refractivity contribution in [1.29, 1.82) is 0 Å². The quantitative estimate of drug-likeness (QED) is 0.766. The molecule has 1 aliphatic heterocycles. The molecule has 17 heavy (non-hydrogen) atoms. The average Bonchev–Trinajstić information content (AvgIpc) is 2.31. The van der Waals surface area contributed by atoms with Crippen molar-refractivity contribution >= 4 is 5.97 Å². The molecule has 0 aromatic heterocycles. The van der Waals surface area contributed by atoms with Gasteiger partial charge in [-0.15, -0.1) is 0 Å². The minimum absolute atomic E-state index is 0.0671. The highest BCUT2D eigenvalue weighted by Gasteiger charge is 2.05. The molecule has 1 aliphatic rings. The second-order valence-corrected chi connectivity index (χ2v) is 3.74. The highest BCUT2D eigenvalue weighted by molar-refractivity contribution is 5.90. The SMILES string of the molecule is CN1CCOCC1.O=C(O)c1ccccc1O. The maximum Gasteiger partial charge on any atom is 0.339 e. The maximum absolute atomic E-state index is 10.3. The molecular formula is C12H17NO4. The number of aromatic hydroxyl groups is 1. The molecule has 2 rings (SSSR count). The average molecular weight is 239 g/mol. The number of hydrogen-bond donors (Lipinski definition) is 2. The minimum Gasteiger partial charge on any atom is -0.507 e. The second-order valence-electron chi connectivity index (χ2n) is 3.74. The molecule has 1 aromatic carbocycles. The molecule has 0 atom stereocenters. The topological polar surface area (TPSA) is 70.0 Å². The number of carboxylic acids is 1. The van der Waals surface area contributed by atoms with Crippen LogP contribution in [0.2, 0.25) is 0 Å². The molecule has 1 aromatic rings. The fourth-order valence-electron chi connectivity index (χ4n) is 1.31. The fourth-order valence-corrected chi connectivity index (χ4v) is 1.31. The van der Waals surface area contributed by atoms with E-state index in [0.29, 0.717) is 0 Å². The number of para-hydroxylation sites is 1. The molecule has 5 heteroatoms. The first kappa shape index (κ1) is 13.5. The number of aromatic carboxylic acids is 1. The Morgan fingerprint density at radius 3 is 2.24 bits per heavy atom. The zero-order valence-corrected chi connectivity index (χ0v) is 9.80. The lowest BCUT2D eigenvalue weighted by atomic mass is 10.2. The molecule has 0 bridgehead atoms. The van der Waals surface area contributed by atoms with Gasteiger partial charge < -0.3 is 19.8 Å². The third-order valence-electron chi connectivity index (χ3n) is 2.37. The predicted octanol–water partition coefficient (Wildman–Crippen LogP) is 1.04. The Morgan fingerprint density at radius 1 is 1.29 bits per heavy atom. The summed E-state index contributed by atoms with van der Waals surface area (Å²) in [6.45, 7) is 4.02. The van der Waals surface area contributed by atoms with E-state index in [9.17, 15) is 4.79 Å². The smallest absolute Gasteiger partial charge is 0.339 e. The molecule has 5 nitrogen and oxygen atoms in total. The highest BCUT2D eigenvalue weighted by Crippen LogP contribution is 2.14. The normalized spacial score (nSPS) is 15.8. The molecule has 0 saturated carbocycles. The van der Waals surface area contributed by atoms with Crippen molar-refractivity contribution in [2.45, 2.75) is 0 Å². The van der Waals surface area contributed by atoms with Gasteiger partial charge in [-0.05, 0) is 19.2 Å². The summed E-state index contributed by atoms with van der Waals surface area (Å²) >= 11 is 0. The van der Waals surface area contributed by atoms with E-state index in [0.717, 1.165) is 26.3 Å². The molecule has 0 unspecified atom stereocenters. The molecule has 1 fully saturated rings. The minimum atomic E-state index is -1.11. The lowest BCUT2D eigenvalue weighted by Crippen LogP contribution is -2.32. The van der Waals surface area contributed by atoms with Crippen molar-refractivity contribution < 1.29 is 19.7 Å². The summed E-state index contributed by atoms with van der Waals surface area (Å²) in [6, 6.07) is 5.81. The van der Waals surface area contributed by atoms with Crippen LogP contribution >= 0.6 is 0 Å². The first-order chi connectivity index (χ1) is 8.11. The van der Waals surface area contributed by atoms with Crippen molar-refractivity contribution in [2.24, 2.45) is 0 Å². The standard InChI is InChI=1S/C7H6O3.C5H11NO/c8-6-4-2-1-3-5(6)7(9)10;1-6-2-4-7-5-3-6/h1-4,8H,(H,9,10);2-5H2,1H3. The van der Waals surface area contributed by atoms with E-state index in [1.54, 1.807) is 12.1 Å². The Hall–Kier alpha value is -1.59. The van der Waals surface area contributed by atoms with Gasteiger partial charge in [0.2, 0.25) is 0 Å². The van der Waals surface area contributed by atoms with Crippen molar-refractivity contribution in [3.8, 4) is 5.75 Å². The molecule has 2 N–H and O–H groups in total. The zero-order chi connectivity index (χ0) is 12.7. The number of rotatable bonds is 1. The molecular weight excluding hydrogens is 222 g/mol. The molecule has 94 valence electrons. The van der Waals surface area contributed by atoms with E-state index in [4.69, 9.17) is 14.9 Å². The van der Waals surface area contributed by atoms with Crippen LogP contribution in [-0.4, -0.2) is 54.4 Å². The summed E-state index contributed by atoms with van der Waals surface area (Å²) in [5, 5.41) is 17.3. The van der Waals surface area contributed by atoms with Crippen LogP contribution < -0.4 is 0 Å². The maximum atomic E-state index is 10.3. The Kier molecular flexibility index (Phi) is 5.45. The van der Waals surface area contributed by atoms with E-state index in [1.807, 2.05) is 0 Å². The molecule has 0 radical (unpaired) electrons. The van der Waals surface area contributed by atoms with Gasteiger partial charge in [-0.1, -0.05) is 12.1 Å². The summed E-state index contributed by atoms with van der Waals surface area (Å²) in [4.78, 5) is 12.5. The first-order valence-corrected chi connectivity index (χ1v) is 5.39. The fraction of sp³-hybridized carbons (Fsp3) is 0.417. The number of ether oxygens (including phenoxy) is 1. The van der Waals surface area contributed by atoms with Crippen molar-refractivity contribution in [2.75, 3.05) is 33.4 Å². The van der Waals surface area contributed by atoms with E-state index in [2.05, 4.69) is 11.9 Å².